The van der Waals surface area contributed by atoms with E-state index in [9.17, 15) is 14.4 Å². The molecule has 0 N–H and O–H groups in total. The molecule has 0 bridgehead atoms. The molecule has 1 aliphatic rings. The van der Waals surface area contributed by atoms with Gasteiger partial charge in [-0.15, -0.1) is 0 Å². The lowest BCUT2D eigenvalue weighted by Gasteiger charge is -2.23. The number of nitrogens with zero attached hydrogens (tertiary/aromatic N) is 4. The van der Waals surface area contributed by atoms with E-state index >= 15 is 0 Å². The lowest BCUT2D eigenvalue weighted by atomic mass is 10.1. The minimum atomic E-state index is -1.03. The predicted octanol–water partition coefficient (Wildman–Crippen LogP) is 2.75. The summed E-state index contributed by atoms with van der Waals surface area (Å²) in [6.45, 7) is 5.58. The number of esters is 3. The molecule has 1 aliphatic heterocycles. The van der Waals surface area contributed by atoms with Gasteiger partial charge >= 0.3 is 17.9 Å². The molecule has 0 spiro atoms. The fraction of sp³-hybridized carbons (Fsp3) is 0.417. The van der Waals surface area contributed by atoms with Gasteiger partial charge in [0, 0.05) is 26.5 Å². The van der Waals surface area contributed by atoms with Crippen LogP contribution >= 0.6 is 11.8 Å². The number of benzene rings is 1. The molecule has 0 radical (unpaired) electrons. The van der Waals surface area contributed by atoms with Crippen LogP contribution < -0.4 is 0 Å². The largest absolute Gasteiger partial charge is 0.463 e. The van der Waals surface area contributed by atoms with E-state index in [1.54, 1.807) is 4.57 Å². The van der Waals surface area contributed by atoms with E-state index in [2.05, 4.69) is 39.2 Å². The van der Waals surface area contributed by atoms with Gasteiger partial charge in [-0.1, -0.05) is 41.6 Å². The first-order valence-electron chi connectivity index (χ1n) is 11.2. The van der Waals surface area contributed by atoms with Crippen molar-refractivity contribution in [3.05, 3.63) is 48.0 Å². The topological polar surface area (TPSA) is 132 Å². The van der Waals surface area contributed by atoms with Crippen LogP contribution in [0.5, 0.6) is 0 Å². The van der Waals surface area contributed by atoms with Crippen LogP contribution in [-0.4, -0.2) is 62.3 Å². The second-order valence-electron chi connectivity index (χ2n) is 8.29. The highest BCUT2D eigenvalue weighted by Crippen LogP contribution is 2.37. The molecular formula is C24H26N4O7S. The normalized spacial score (nSPS) is 21.3. The quantitative estimate of drug-likeness (QED) is 0.190. The molecule has 0 saturated carbocycles. The van der Waals surface area contributed by atoms with Crippen molar-refractivity contribution in [2.45, 2.75) is 63.0 Å². The van der Waals surface area contributed by atoms with Crippen molar-refractivity contribution in [1.82, 2.24) is 19.5 Å². The van der Waals surface area contributed by atoms with Crippen molar-refractivity contribution in [1.29, 1.82) is 0 Å². The number of ether oxygens (including phenoxy) is 4. The molecule has 2 aromatic heterocycles. The Labute approximate surface area is 211 Å². The summed E-state index contributed by atoms with van der Waals surface area (Å²) in [6, 6.07) is 8.23. The smallest absolute Gasteiger partial charge is 0.303 e. The Morgan fingerprint density at radius 2 is 1.67 bits per heavy atom. The Balaban J connectivity index is 1.64. The summed E-state index contributed by atoms with van der Waals surface area (Å²) in [6.07, 6.45) is -0.910. The predicted molar refractivity (Wildman–Crippen MR) is 128 cm³/mol. The molecular weight excluding hydrogens is 488 g/mol. The van der Waals surface area contributed by atoms with Crippen molar-refractivity contribution in [2.24, 2.45) is 0 Å². The third-order valence-corrected chi connectivity index (χ3v) is 6.49. The minimum absolute atomic E-state index is 0.194. The Bertz CT molecular complexity index is 1260. The van der Waals surface area contributed by atoms with Gasteiger partial charge < -0.3 is 18.9 Å². The molecule has 12 heteroatoms. The highest BCUT2D eigenvalue weighted by molar-refractivity contribution is 7.98. The SMILES string of the molecule is CC(=O)OC[C@H]1O[C@@H](n2cnc3c(SCc4ccc(C)cc4)ncnc32)[C@H](OC(C)=O)[C@@H]1OC(C)=O. The summed E-state index contributed by atoms with van der Waals surface area (Å²) < 4.78 is 23.7. The fourth-order valence-electron chi connectivity index (χ4n) is 3.88. The maximum Gasteiger partial charge on any atom is 0.303 e. The van der Waals surface area contributed by atoms with Crippen LogP contribution in [0, 0.1) is 6.92 Å². The summed E-state index contributed by atoms with van der Waals surface area (Å²) in [5, 5.41) is 0.675. The van der Waals surface area contributed by atoms with Gasteiger partial charge in [-0.25, -0.2) is 15.0 Å². The van der Waals surface area contributed by atoms with Crippen LogP contribution in [0.2, 0.25) is 0 Å². The molecule has 1 fully saturated rings. The van der Waals surface area contributed by atoms with Gasteiger partial charge in [0.2, 0.25) is 0 Å². The van der Waals surface area contributed by atoms with Crippen molar-refractivity contribution in [3.63, 3.8) is 0 Å². The summed E-state index contributed by atoms with van der Waals surface area (Å²) in [4.78, 5) is 48.4. The van der Waals surface area contributed by atoms with Crippen molar-refractivity contribution in [2.75, 3.05) is 6.61 Å². The molecule has 3 aromatic rings. The minimum Gasteiger partial charge on any atom is -0.463 e. The van der Waals surface area contributed by atoms with Gasteiger partial charge in [-0.2, -0.15) is 0 Å². The number of carbonyl (C=O) groups is 3. The number of carbonyl (C=O) groups excluding carboxylic acids is 3. The Hall–Kier alpha value is -3.51. The highest BCUT2D eigenvalue weighted by Gasteiger charge is 2.51. The summed E-state index contributed by atoms with van der Waals surface area (Å²) in [5.74, 6) is -1.02. The molecule has 11 nitrogen and oxygen atoms in total. The van der Waals surface area contributed by atoms with Gasteiger partial charge in [0.15, 0.2) is 24.1 Å². The number of aromatic nitrogens is 4. The second-order valence-corrected chi connectivity index (χ2v) is 9.26. The molecule has 190 valence electrons. The summed E-state index contributed by atoms with van der Waals surface area (Å²) >= 11 is 1.52. The van der Waals surface area contributed by atoms with Crippen molar-refractivity contribution in [3.8, 4) is 0 Å². The van der Waals surface area contributed by atoms with Crippen LogP contribution in [0.15, 0.2) is 41.9 Å². The highest BCUT2D eigenvalue weighted by atomic mass is 32.2. The molecule has 3 heterocycles. The van der Waals surface area contributed by atoms with E-state index in [4.69, 9.17) is 18.9 Å². The van der Waals surface area contributed by atoms with Gasteiger partial charge in [0.25, 0.3) is 0 Å². The molecule has 0 unspecified atom stereocenters. The summed E-state index contributed by atoms with van der Waals surface area (Å²) in [5.41, 5.74) is 3.33. The number of hydrogen-bond acceptors (Lipinski definition) is 11. The van der Waals surface area contributed by atoms with E-state index in [0.29, 0.717) is 21.9 Å². The zero-order chi connectivity index (χ0) is 25.8. The van der Waals surface area contributed by atoms with Crippen LogP contribution in [-0.2, 0) is 39.1 Å². The van der Waals surface area contributed by atoms with E-state index in [-0.39, 0.29) is 6.61 Å². The number of thioether (sulfide) groups is 1. The maximum atomic E-state index is 11.9. The van der Waals surface area contributed by atoms with Crippen LogP contribution in [0.25, 0.3) is 11.2 Å². The maximum absolute atomic E-state index is 11.9. The number of hydrogen-bond donors (Lipinski definition) is 0. The number of imidazole rings is 1. The third kappa shape index (κ3) is 5.82. The third-order valence-electron chi connectivity index (χ3n) is 5.44. The zero-order valence-corrected chi connectivity index (χ0v) is 21.1. The van der Waals surface area contributed by atoms with Gasteiger partial charge in [-0.05, 0) is 12.5 Å². The average molecular weight is 515 g/mol. The van der Waals surface area contributed by atoms with Gasteiger partial charge in [0.1, 0.15) is 29.6 Å². The molecule has 0 amide bonds. The molecule has 4 rings (SSSR count). The van der Waals surface area contributed by atoms with Crippen LogP contribution in [0.4, 0.5) is 0 Å². The van der Waals surface area contributed by atoms with Gasteiger partial charge in [0.05, 0.1) is 6.33 Å². The Kier molecular flexibility index (Phi) is 7.85. The van der Waals surface area contributed by atoms with Crippen LogP contribution in [0.1, 0.15) is 38.1 Å². The fourth-order valence-corrected chi connectivity index (χ4v) is 4.77. The van der Waals surface area contributed by atoms with E-state index in [1.165, 1.54) is 50.8 Å². The Morgan fingerprint density at radius 1 is 0.972 bits per heavy atom. The molecule has 36 heavy (non-hydrogen) atoms. The lowest BCUT2D eigenvalue weighted by molar-refractivity contribution is -0.166. The molecule has 4 atom stereocenters. The first kappa shape index (κ1) is 25.6. The standard InChI is InChI=1S/C24H26N4O7S/c1-13-5-7-17(8-6-13)10-36-23-19-22(25-11-26-23)28(12-27-19)24-21(34-16(4)31)20(33-15(3)30)18(35-24)9-32-14(2)29/h5-8,11-12,18,20-21,24H,9-10H2,1-4H3/t18-,20-,21-,24-/m1/s1. The van der Waals surface area contributed by atoms with Crippen LogP contribution in [0.3, 0.4) is 0 Å². The number of fused-ring (bicyclic) bond motifs is 1. The Morgan fingerprint density at radius 3 is 2.33 bits per heavy atom. The molecule has 0 aliphatic carbocycles. The second kappa shape index (κ2) is 11.0. The van der Waals surface area contributed by atoms with Gasteiger partial charge in [-0.3, -0.25) is 19.0 Å². The number of aryl methyl sites for hydroxylation is 1. The lowest BCUT2D eigenvalue weighted by Crippen LogP contribution is -2.40. The zero-order valence-electron chi connectivity index (χ0n) is 20.2. The monoisotopic (exact) mass is 514 g/mol. The molecule has 1 aromatic carbocycles. The summed E-state index contributed by atoms with van der Waals surface area (Å²) in [7, 11) is 0. The first-order chi connectivity index (χ1) is 17.2. The van der Waals surface area contributed by atoms with E-state index < -0.39 is 42.4 Å². The van der Waals surface area contributed by atoms with E-state index in [0.717, 1.165) is 5.56 Å². The van der Waals surface area contributed by atoms with Crippen molar-refractivity contribution >= 4 is 40.8 Å². The van der Waals surface area contributed by atoms with E-state index in [1.807, 2.05) is 6.92 Å². The molecule has 1 saturated heterocycles. The van der Waals surface area contributed by atoms with Crippen molar-refractivity contribution < 1.29 is 33.3 Å². The first-order valence-corrected chi connectivity index (χ1v) is 12.2. The average Bonchev–Trinajstić information content (AvgIpc) is 3.38. The number of rotatable bonds is 8.